The highest BCUT2D eigenvalue weighted by Crippen LogP contribution is 2.14. The van der Waals surface area contributed by atoms with Crippen molar-refractivity contribution in [2.45, 2.75) is 6.54 Å². The molecule has 0 saturated heterocycles. The van der Waals surface area contributed by atoms with E-state index in [0.29, 0.717) is 19.2 Å². The summed E-state index contributed by atoms with van der Waals surface area (Å²) in [6.07, 6.45) is 0. The number of halogens is 2. The summed E-state index contributed by atoms with van der Waals surface area (Å²) in [5.41, 5.74) is 1.77. The smallest absolute Gasteiger partial charge is 0.319 e. The number of amides is 2. The third-order valence-corrected chi connectivity index (χ3v) is 3.22. The number of benzene rings is 2. The van der Waals surface area contributed by atoms with E-state index in [1.54, 1.807) is 7.11 Å². The predicted molar refractivity (Wildman–Crippen MR) is 89.0 cm³/mol. The number of ether oxygens (including phenoxy) is 1. The fourth-order valence-corrected chi connectivity index (χ4v) is 1.98. The lowest BCUT2D eigenvalue weighted by Gasteiger charge is -2.10. The zero-order valence-corrected chi connectivity index (χ0v) is 13.2. The standard InChI is InChI=1S/C17H19F2N3O2/c1-24-9-8-20-14-5-2-12(3-6-14)11-21-17(23)22-16-7-4-13(18)10-15(16)19/h2-7,10,20H,8-9,11H2,1H3,(H2,21,22,23). The number of hydrogen-bond donors (Lipinski definition) is 3. The van der Waals surface area contributed by atoms with Gasteiger partial charge in [-0.2, -0.15) is 0 Å². The first-order chi connectivity index (χ1) is 11.6. The summed E-state index contributed by atoms with van der Waals surface area (Å²) in [7, 11) is 1.64. The van der Waals surface area contributed by atoms with Gasteiger partial charge < -0.3 is 20.7 Å². The van der Waals surface area contributed by atoms with Crippen LogP contribution in [-0.2, 0) is 11.3 Å². The average Bonchev–Trinajstić information content (AvgIpc) is 2.57. The second-order valence-electron chi connectivity index (χ2n) is 5.05. The summed E-state index contributed by atoms with van der Waals surface area (Å²) in [5.74, 6) is -1.52. The lowest BCUT2D eigenvalue weighted by Crippen LogP contribution is -2.28. The highest BCUT2D eigenvalue weighted by Gasteiger charge is 2.07. The number of methoxy groups -OCH3 is 1. The molecule has 0 fully saturated rings. The first kappa shape index (κ1) is 17.7. The number of urea groups is 1. The quantitative estimate of drug-likeness (QED) is 0.680. The largest absolute Gasteiger partial charge is 0.383 e. The van der Waals surface area contributed by atoms with Gasteiger partial charge in [0.25, 0.3) is 0 Å². The lowest BCUT2D eigenvalue weighted by atomic mass is 10.2. The minimum absolute atomic E-state index is 0.0772. The highest BCUT2D eigenvalue weighted by molar-refractivity contribution is 5.89. The number of hydrogen-bond acceptors (Lipinski definition) is 3. The van der Waals surface area contributed by atoms with E-state index in [1.165, 1.54) is 6.07 Å². The Morgan fingerprint density at radius 1 is 1.12 bits per heavy atom. The van der Waals surface area contributed by atoms with Crippen molar-refractivity contribution < 1.29 is 18.3 Å². The van der Waals surface area contributed by atoms with Crippen LogP contribution in [0.5, 0.6) is 0 Å². The molecule has 2 rings (SSSR count). The van der Waals surface area contributed by atoms with Crippen molar-refractivity contribution in [1.82, 2.24) is 5.32 Å². The van der Waals surface area contributed by atoms with Crippen molar-refractivity contribution in [2.75, 3.05) is 30.9 Å². The van der Waals surface area contributed by atoms with Crippen LogP contribution in [0.25, 0.3) is 0 Å². The first-order valence-corrected chi connectivity index (χ1v) is 7.40. The molecule has 0 atom stereocenters. The predicted octanol–water partition coefficient (Wildman–Crippen LogP) is 3.34. The van der Waals surface area contributed by atoms with E-state index in [4.69, 9.17) is 4.74 Å². The zero-order chi connectivity index (χ0) is 17.4. The second kappa shape index (κ2) is 8.83. The van der Waals surface area contributed by atoms with Crippen LogP contribution in [0.2, 0.25) is 0 Å². The van der Waals surface area contributed by atoms with Gasteiger partial charge in [0.15, 0.2) is 0 Å². The molecule has 2 aromatic rings. The molecular weight excluding hydrogens is 316 g/mol. The summed E-state index contributed by atoms with van der Waals surface area (Å²) >= 11 is 0. The minimum atomic E-state index is -0.823. The fourth-order valence-electron chi connectivity index (χ4n) is 1.98. The van der Waals surface area contributed by atoms with Crippen LogP contribution in [0, 0.1) is 11.6 Å². The summed E-state index contributed by atoms with van der Waals surface area (Å²) in [6, 6.07) is 9.92. The molecule has 0 spiro atoms. The summed E-state index contributed by atoms with van der Waals surface area (Å²) in [6.45, 7) is 1.61. The molecule has 5 nitrogen and oxygen atoms in total. The van der Waals surface area contributed by atoms with Gasteiger partial charge in [0, 0.05) is 32.0 Å². The number of nitrogens with one attached hydrogen (secondary N) is 3. The molecule has 128 valence electrons. The van der Waals surface area contributed by atoms with Gasteiger partial charge in [0.2, 0.25) is 0 Å². The highest BCUT2D eigenvalue weighted by atomic mass is 19.1. The Kier molecular flexibility index (Phi) is 6.51. The number of carbonyl (C=O) groups excluding carboxylic acids is 1. The van der Waals surface area contributed by atoms with Crippen molar-refractivity contribution >= 4 is 17.4 Å². The maximum absolute atomic E-state index is 13.4. The van der Waals surface area contributed by atoms with Crippen molar-refractivity contribution in [1.29, 1.82) is 0 Å². The van der Waals surface area contributed by atoms with E-state index in [9.17, 15) is 13.6 Å². The van der Waals surface area contributed by atoms with E-state index in [0.717, 1.165) is 17.3 Å². The summed E-state index contributed by atoms with van der Waals surface area (Å²) in [4.78, 5) is 11.8. The number of anilines is 2. The monoisotopic (exact) mass is 335 g/mol. The molecule has 0 bridgehead atoms. The Balaban J connectivity index is 1.81. The van der Waals surface area contributed by atoms with Crippen molar-refractivity contribution in [2.24, 2.45) is 0 Å². The van der Waals surface area contributed by atoms with Crippen LogP contribution in [-0.4, -0.2) is 26.3 Å². The van der Waals surface area contributed by atoms with Gasteiger partial charge in [0.05, 0.1) is 12.3 Å². The Hall–Kier alpha value is -2.67. The van der Waals surface area contributed by atoms with E-state index in [-0.39, 0.29) is 12.2 Å². The lowest BCUT2D eigenvalue weighted by molar-refractivity contribution is 0.211. The molecule has 0 aromatic heterocycles. The van der Waals surface area contributed by atoms with Gasteiger partial charge in [0.1, 0.15) is 11.6 Å². The normalized spacial score (nSPS) is 10.3. The molecule has 0 radical (unpaired) electrons. The van der Waals surface area contributed by atoms with Gasteiger partial charge in [-0.15, -0.1) is 0 Å². The maximum Gasteiger partial charge on any atom is 0.319 e. The molecular formula is C17H19F2N3O2. The third-order valence-electron chi connectivity index (χ3n) is 3.22. The SMILES string of the molecule is COCCNc1ccc(CNC(=O)Nc2ccc(F)cc2F)cc1. The van der Waals surface area contributed by atoms with Crippen molar-refractivity contribution in [3.63, 3.8) is 0 Å². The van der Waals surface area contributed by atoms with Gasteiger partial charge >= 0.3 is 6.03 Å². The fraction of sp³-hybridized carbons (Fsp3) is 0.235. The second-order valence-corrected chi connectivity index (χ2v) is 5.05. The zero-order valence-electron chi connectivity index (χ0n) is 13.2. The maximum atomic E-state index is 13.4. The van der Waals surface area contributed by atoms with Crippen LogP contribution in [0.15, 0.2) is 42.5 Å². The summed E-state index contributed by atoms with van der Waals surface area (Å²) in [5, 5.41) is 8.13. The molecule has 0 heterocycles. The van der Waals surface area contributed by atoms with Gasteiger partial charge in [-0.25, -0.2) is 13.6 Å². The van der Waals surface area contributed by atoms with Crippen LogP contribution in [0.4, 0.5) is 25.0 Å². The molecule has 0 saturated carbocycles. The van der Waals surface area contributed by atoms with Gasteiger partial charge in [-0.3, -0.25) is 0 Å². The average molecular weight is 335 g/mol. The van der Waals surface area contributed by atoms with Crippen LogP contribution < -0.4 is 16.0 Å². The Bertz CT molecular complexity index is 678. The van der Waals surface area contributed by atoms with Crippen molar-refractivity contribution in [3.8, 4) is 0 Å². The molecule has 0 aliphatic rings. The minimum Gasteiger partial charge on any atom is -0.383 e. The van der Waals surface area contributed by atoms with Gasteiger partial charge in [-0.1, -0.05) is 12.1 Å². The number of carbonyl (C=O) groups is 1. The third kappa shape index (κ3) is 5.51. The summed E-state index contributed by atoms with van der Waals surface area (Å²) < 4.78 is 31.2. The van der Waals surface area contributed by atoms with Crippen LogP contribution in [0.1, 0.15) is 5.56 Å². The van der Waals surface area contributed by atoms with Crippen LogP contribution >= 0.6 is 0 Å². The molecule has 2 aromatic carbocycles. The molecule has 2 amide bonds. The van der Waals surface area contributed by atoms with E-state index >= 15 is 0 Å². The topological polar surface area (TPSA) is 62.4 Å². The molecule has 0 aliphatic carbocycles. The molecule has 3 N–H and O–H groups in total. The van der Waals surface area contributed by atoms with E-state index in [1.807, 2.05) is 24.3 Å². The van der Waals surface area contributed by atoms with Crippen molar-refractivity contribution in [3.05, 3.63) is 59.7 Å². The Labute approximate surface area is 139 Å². The first-order valence-electron chi connectivity index (χ1n) is 7.40. The molecule has 0 unspecified atom stereocenters. The molecule has 0 aliphatic heterocycles. The van der Waals surface area contributed by atoms with Gasteiger partial charge in [-0.05, 0) is 29.8 Å². The van der Waals surface area contributed by atoms with E-state index < -0.39 is 17.7 Å². The Morgan fingerprint density at radius 3 is 2.54 bits per heavy atom. The number of rotatable bonds is 7. The van der Waals surface area contributed by atoms with Crippen LogP contribution in [0.3, 0.4) is 0 Å². The molecule has 7 heteroatoms. The molecule has 24 heavy (non-hydrogen) atoms. The van der Waals surface area contributed by atoms with E-state index in [2.05, 4.69) is 16.0 Å². The Morgan fingerprint density at radius 2 is 1.88 bits per heavy atom.